The van der Waals surface area contributed by atoms with Crippen molar-refractivity contribution in [3.8, 4) is 6.07 Å². The van der Waals surface area contributed by atoms with Crippen molar-refractivity contribution in [3.63, 3.8) is 0 Å². The Balaban J connectivity index is 2.13. The van der Waals surface area contributed by atoms with Gasteiger partial charge in [-0.05, 0) is 48.2 Å². The summed E-state index contributed by atoms with van der Waals surface area (Å²) >= 11 is 5.90. The van der Waals surface area contributed by atoms with Gasteiger partial charge in [-0.25, -0.2) is 8.78 Å². The standard InChI is InChI=1S/C19H14ClF2N2O/c1-11-6-18(25)24(10-11)19(13-3-5-17(22)15(20)8-13)12-2-4-16(21)14(7-12)9-23/h2-5,7-8,11,19H,1,6,10H2/t11-,19?/m0/s1. The van der Waals surface area contributed by atoms with Gasteiger partial charge in [-0.1, -0.05) is 23.7 Å². The predicted octanol–water partition coefficient (Wildman–Crippen LogP) is 4.26. The summed E-state index contributed by atoms with van der Waals surface area (Å²) in [6.07, 6.45) is 0.303. The molecule has 0 aromatic heterocycles. The Morgan fingerprint density at radius 3 is 2.40 bits per heavy atom. The van der Waals surface area contributed by atoms with E-state index >= 15 is 0 Å². The van der Waals surface area contributed by atoms with E-state index in [1.54, 1.807) is 11.0 Å². The van der Waals surface area contributed by atoms with Crippen molar-refractivity contribution in [1.29, 1.82) is 5.26 Å². The highest BCUT2D eigenvalue weighted by molar-refractivity contribution is 6.30. The number of carbonyl (C=O) groups excluding carboxylic acids is 1. The maximum Gasteiger partial charge on any atom is 0.223 e. The van der Waals surface area contributed by atoms with Crippen LogP contribution >= 0.6 is 11.6 Å². The lowest BCUT2D eigenvalue weighted by Gasteiger charge is -2.29. The lowest BCUT2D eigenvalue weighted by molar-refractivity contribution is -0.129. The molecule has 2 aromatic rings. The highest BCUT2D eigenvalue weighted by atomic mass is 35.5. The van der Waals surface area contributed by atoms with Crippen LogP contribution in [0.2, 0.25) is 5.02 Å². The van der Waals surface area contributed by atoms with Crippen LogP contribution < -0.4 is 0 Å². The lowest BCUT2D eigenvalue weighted by atomic mass is 9.95. The Hall–Kier alpha value is -2.45. The quantitative estimate of drug-likeness (QED) is 0.821. The van der Waals surface area contributed by atoms with Crippen LogP contribution in [0.25, 0.3) is 0 Å². The molecule has 0 N–H and O–H groups in total. The zero-order valence-electron chi connectivity index (χ0n) is 13.2. The van der Waals surface area contributed by atoms with Gasteiger partial charge in [-0.2, -0.15) is 5.26 Å². The fourth-order valence-corrected chi connectivity index (χ4v) is 3.28. The van der Waals surface area contributed by atoms with E-state index in [2.05, 4.69) is 6.92 Å². The average molecular weight is 360 g/mol. The smallest absolute Gasteiger partial charge is 0.223 e. The lowest BCUT2D eigenvalue weighted by Crippen LogP contribution is -2.31. The molecule has 1 fully saturated rings. The second kappa shape index (κ2) is 6.81. The minimum atomic E-state index is -0.634. The Kier molecular flexibility index (Phi) is 4.73. The van der Waals surface area contributed by atoms with E-state index in [0.29, 0.717) is 24.1 Å². The van der Waals surface area contributed by atoms with Crippen LogP contribution in [0.5, 0.6) is 0 Å². The summed E-state index contributed by atoms with van der Waals surface area (Å²) in [6.45, 7) is 4.34. The van der Waals surface area contributed by atoms with Gasteiger partial charge in [0.15, 0.2) is 0 Å². The summed E-state index contributed by atoms with van der Waals surface area (Å²) in [7, 11) is 0. The summed E-state index contributed by atoms with van der Waals surface area (Å²) in [5.74, 6) is -1.37. The van der Waals surface area contributed by atoms with Crippen molar-refractivity contribution in [2.75, 3.05) is 6.54 Å². The number of hydrogen-bond donors (Lipinski definition) is 0. The third-order valence-electron chi connectivity index (χ3n) is 4.24. The van der Waals surface area contributed by atoms with Gasteiger partial charge in [-0.3, -0.25) is 4.79 Å². The summed E-state index contributed by atoms with van der Waals surface area (Å²) < 4.78 is 27.2. The topological polar surface area (TPSA) is 44.1 Å². The van der Waals surface area contributed by atoms with Gasteiger partial charge in [0.25, 0.3) is 0 Å². The van der Waals surface area contributed by atoms with Gasteiger partial charge in [0.2, 0.25) is 5.91 Å². The predicted molar refractivity (Wildman–Crippen MR) is 89.5 cm³/mol. The Morgan fingerprint density at radius 1 is 1.20 bits per heavy atom. The molecule has 1 heterocycles. The summed E-state index contributed by atoms with van der Waals surface area (Å²) in [6, 6.07) is 9.51. The third-order valence-corrected chi connectivity index (χ3v) is 4.53. The highest BCUT2D eigenvalue weighted by Gasteiger charge is 2.34. The number of rotatable bonds is 3. The monoisotopic (exact) mass is 359 g/mol. The largest absolute Gasteiger partial charge is 0.331 e. The molecular weight excluding hydrogens is 346 g/mol. The van der Waals surface area contributed by atoms with Gasteiger partial charge in [0.1, 0.15) is 17.7 Å². The van der Waals surface area contributed by atoms with Crippen LogP contribution in [-0.2, 0) is 4.79 Å². The van der Waals surface area contributed by atoms with Crippen LogP contribution in [-0.4, -0.2) is 17.4 Å². The number of likely N-dealkylation sites (tertiary alicyclic amines) is 1. The maximum absolute atomic E-state index is 13.7. The fourth-order valence-electron chi connectivity index (χ4n) is 3.09. The number of amides is 1. The van der Waals surface area contributed by atoms with Crippen LogP contribution in [0.4, 0.5) is 8.78 Å². The molecule has 1 saturated heterocycles. The molecule has 3 nitrogen and oxygen atoms in total. The second-order valence-corrected chi connectivity index (χ2v) is 6.45. The Bertz CT molecular complexity index is 878. The van der Waals surface area contributed by atoms with Crippen molar-refractivity contribution < 1.29 is 13.6 Å². The first kappa shape index (κ1) is 17.4. The van der Waals surface area contributed by atoms with Crippen molar-refractivity contribution in [1.82, 2.24) is 4.90 Å². The molecule has 0 spiro atoms. The SMILES string of the molecule is [CH2][C@H]1CC(=O)N(C(c2ccc(F)c(Cl)c2)c2ccc(F)c(C#N)c2)C1. The summed E-state index contributed by atoms with van der Waals surface area (Å²) in [4.78, 5) is 14.0. The molecule has 0 saturated carbocycles. The summed E-state index contributed by atoms with van der Waals surface area (Å²) in [5.41, 5.74) is 1.03. The zero-order chi connectivity index (χ0) is 18.1. The molecule has 0 aliphatic carbocycles. The molecule has 6 heteroatoms. The molecule has 1 amide bonds. The molecule has 1 radical (unpaired) electrons. The van der Waals surface area contributed by atoms with Gasteiger partial charge in [-0.15, -0.1) is 0 Å². The molecule has 25 heavy (non-hydrogen) atoms. The number of carbonyl (C=O) groups is 1. The van der Waals surface area contributed by atoms with E-state index in [0.717, 1.165) is 0 Å². The normalized spacial score (nSPS) is 18.3. The molecule has 3 rings (SSSR count). The first-order valence-corrected chi connectivity index (χ1v) is 8.05. The van der Waals surface area contributed by atoms with Crippen LogP contribution in [0.15, 0.2) is 36.4 Å². The molecule has 2 aromatic carbocycles. The molecule has 1 aliphatic rings. The molecule has 127 valence electrons. The number of nitriles is 1. The molecule has 2 atom stereocenters. The Labute approximate surface area is 149 Å². The van der Waals surface area contributed by atoms with Gasteiger partial charge in [0, 0.05) is 13.0 Å². The van der Waals surface area contributed by atoms with Crippen LogP contribution in [0, 0.1) is 35.8 Å². The van der Waals surface area contributed by atoms with Crippen molar-refractivity contribution in [3.05, 3.63) is 76.7 Å². The third kappa shape index (κ3) is 3.35. The van der Waals surface area contributed by atoms with E-state index in [1.165, 1.54) is 36.4 Å². The van der Waals surface area contributed by atoms with E-state index < -0.39 is 17.7 Å². The van der Waals surface area contributed by atoms with Crippen molar-refractivity contribution in [2.45, 2.75) is 12.5 Å². The van der Waals surface area contributed by atoms with Gasteiger partial charge in [0.05, 0.1) is 16.6 Å². The van der Waals surface area contributed by atoms with Gasteiger partial charge >= 0.3 is 0 Å². The van der Waals surface area contributed by atoms with Crippen molar-refractivity contribution >= 4 is 17.5 Å². The highest BCUT2D eigenvalue weighted by Crippen LogP contribution is 2.35. The fraction of sp³-hybridized carbons (Fsp3) is 0.211. The van der Waals surface area contributed by atoms with E-state index in [1.807, 2.05) is 0 Å². The first-order valence-electron chi connectivity index (χ1n) is 7.67. The van der Waals surface area contributed by atoms with Crippen LogP contribution in [0.1, 0.15) is 29.2 Å². The van der Waals surface area contributed by atoms with Crippen molar-refractivity contribution in [2.24, 2.45) is 5.92 Å². The molecule has 1 unspecified atom stereocenters. The number of hydrogen-bond acceptors (Lipinski definition) is 2. The summed E-state index contributed by atoms with van der Waals surface area (Å²) in [5, 5.41) is 9.02. The minimum absolute atomic E-state index is 0.0667. The van der Waals surface area contributed by atoms with E-state index in [-0.39, 0.29) is 22.4 Å². The van der Waals surface area contributed by atoms with Crippen LogP contribution in [0.3, 0.4) is 0 Å². The Morgan fingerprint density at radius 2 is 1.84 bits per heavy atom. The number of nitrogens with zero attached hydrogens (tertiary/aromatic N) is 2. The first-order chi connectivity index (χ1) is 11.9. The number of benzene rings is 2. The van der Waals surface area contributed by atoms with Gasteiger partial charge < -0.3 is 4.90 Å². The maximum atomic E-state index is 13.7. The minimum Gasteiger partial charge on any atom is -0.331 e. The molecular formula is C19H14ClF2N2O. The second-order valence-electron chi connectivity index (χ2n) is 6.04. The average Bonchev–Trinajstić information content (AvgIpc) is 2.90. The molecule has 1 aliphatic heterocycles. The zero-order valence-corrected chi connectivity index (χ0v) is 13.9. The number of halogens is 3. The van der Waals surface area contributed by atoms with E-state index in [9.17, 15) is 13.6 Å². The van der Waals surface area contributed by atoms with E-state index in [4.69, 9.17) is 16.9 Å². The molecule has 0 bridgehead atoms.